The number of rotatable bonds is 4. The van der Waals surface area contributed by atoms with Gasteiger partial charge < -0.3 is 5.11 Å². The van der Waals surface area contributed by atoms with Crippen LogP contribution in [0.15, 0.2) is 30.3 Å². The van der Waals surface area contributed by atoms with Crippen LogP contribution in [0.3, 0.4) is 0 Å². The zero-order chi connectivity index (χ0) is 13.9. The van der Waals surface area contributed by atoms with Crippen molar-refractivity contribution in [3.63, 3.8) is 0 Å². The first-order chi connectivity index (χ1) is 9.01. The third kappa shape index (κ3) is 3.60. The Kier molecular flexibility index (Phi) is 4.67. The van der Waals surface area contributed by atoms with Gasteiger partial charge in [-0.2, -0.15) is 0 Å². The maximum atomic E-state index is 11.0. The SMILES string of the molecule is CC(C)C1CCC(C)C(O)(CCc2ccccc2)C1. The standard InChI is InChI=1S/C18H28O/c1-14(2)17-10-9-15(3)18(19,13-17)12-11-16-7-5-4-6-8-16/h4-8,14-15,17,19H,9-13H2,1-3H3. The third-order valence-electron chi connectivity index (χ3n) is 5.14. The van der Waals surface area contributed by atoms with Gasteiger partial charge in [-0.05, 0) is 55.4 Å². The minimum absolute atomic E-state index is 0.436. The maximum absolute atomic E-state index is 11.0. The van der Waals surface area contributed by atoms with E-state index in [-0.39, 0.29) is 0 Å². The summed E-state index contributed by atoms with van der Waals surface area (Å²) >= 11 is 0. The smallest absolute Gasteiger partial charge is 0.0679 e. The summed E-state index contributed by atoms with van der Waals surface area (Å²) in [6.07, 6.45) is 5.34. The van der Waals surface area contributed by atoms with Gasteiger partial charge in [0.15, 0.2) is 0 Å². The maximum Gasteiger partial charge on any atom is 0.0679 e. The molecule has 1 aromatic rings. The van der Waals surface area contributed by atoms with Gasteiger partial charge in [-0.15, -0.1) is 0 Å². The monoisotopic (exact) mass is 260 g/mol. The van der Waals surface area contributed by atoms with Crippen molar-refractivity contribution < 1.29 is 5.11 Å². The largest absolute Gasteiger partial charge is 0.390 e. The number of hydrogen-bond donors (Lipinski definition) is 1. The summed E-state index contributed by atoms with van der Waals surface area (Å²) < 4.78 is 0. The molecule has 106 valence electrons. The zero-order valence-corrected chi connectivity index (χ0v) is 12.6. The van der Waals surface area contributed by atoms with Gasteiger partial charge in [-0.3, -0.25) is 0 Å². The minimum Gasteiger partial charge on any atom is -0.390 e. The fourth-order valence-corrected chi connectivity index (χ4v) is 3.41. The molecule has 0 spiro atoms. The van der Waals surface area contributed by atoms with Crippen LogP contribution < -0.4 is 0 Å². The average Bonchev–Trinajstić information content (AvgIpc) is 2.41. The summed E-state index contributed by atoms with van der Waals surface area (Å²) in [6, 6.07) is 10.5. The Morgan fingerprint density at radius 3 is 2.53 bits per heavy atom. The number of aryl methyl sites for hydroxylation is 1. The average molecular weight is 260 g/mol. The Balaban J connectivity index is 1.99. The molecule has 0 radical (unpaired) electrons. The Morgan fingerprint density at radius 2 is 1.89 bits per heavy atom. The minimum atomic E-state index is -0.455. The molecular formula is C18H28O. The van der Waals surface area contributed by atoms with E-state index in [1.807, 2.05) is 0 Å². The molecular weight excluding hydrogens is 232 g/mol. The lowest BCUT2D eigenvalue weighted by Crippen LogP contribution is -2.43. The van der Waals surface area contributed by atoms with E-state index in [0.717, 1.165) is 19.3 Å². The lowest BCUT2D eigenvalue weighted by Gasteiger charge is -2.43. The molecule has 3 atom stereocenters. The Bertz CT molecular complexity index is 384. The van der Waals surface area contributed by atoms with Crippen LogP contribution in [0.5, 0.6) is 0 Å². The summed E-state index contributed by atoms with van der Waals surface area (Å²) in [5.74, 6) is 1.82. The van der Waals surface area contributed by atoms with Crippen LogP contribution in [0.2, 0.25) is 0 Å². The molecule has 1 nitrogen and oxygen atoms in total. The van der Waals surface area contributed by atoms with E-state index >= 15 is 0 Å². The second kappa shape index (κ2) is 6.09. The van der Waals surface area contributed by atoms with Crippen molar-refractivity contribution >= 4 is 0 Å². The Labute approximate surface area is 118 Å². The number of hydrogen-bond acceptors (Lipinski definition) is 1. The van der Waals surface area contributed by atoms with Gasteiger partial charge in [0.1, 0.15) is 0 Å². The summed E-state index contributed by atoms with van der Waals surface area (Å²) in [6.45, 7) is 6.80. The molecule has 0 amide bonds. The van der Waals surface area contributed by atoms with Crippen molar-refractivity contribution in [2.24, 2.45) is 17.8 Å². The Hall–Kier alpha value is -0.820. The van der Waals surface area contributed by atoms with Crippen molar-refractivity contribution in [3.05, 3.63) is 35.9 Å². The van der Waals surface area contributed by atoms with E-state index in [4.69, 9.17) is 0 Å². The molecule has 1 aromatic carbocycles. The molecule has 1 aliphatic rings. The van der Waals surface area contributed by atoms with Crippen LogP contribution in [0.4, 0.5) is 0 Å². The topological polar surface area (TPSA) is 20.2 Å². The molecule has 1 heteroatoms. The normalized spacial score (nSPS) is 31.6. The van der Waals surface area contributed by atoms with Crippen LogP contribution in [-0.2, 0) is 6.42 Å². The first-order valence-corrected chi connectivity index (χ1v) is 7.77. The molecule has 0 aliphatic heterocycles. The molecule has 1 fully saturated rings. The highest BCUT2D eigenvalue weighted by atomic mass is 16.3. The number of aliphatic hydroxyl groups is 1. The molecule has 2 rings (SSSR count). The molecule has 1 saturated carbocycles. The van der Waals surface area contributed by atoms with Gasteiger partial charge >= 0.3 is 0 Å². The highest BCUT2D eigenvalue weighted by Gasteiger charge is 2.40. The first kappa shape index (κ1) is 14.6. The van der Waals surface area contributed by atoms with E-state index in [0.29, 0.717) is 17.8 Å². The number of benzene rings is 1. The zero-order valence-electron chi connectivity index (χ0n) is 12.6. The van der Waals surface area contributed by atoms with Gasteiger partial charge in [0.2, 0.25) is 0 Å². The second-order valence-corrected chi connectivity index (χ2v) is 6.78. The van der Waals surface area contributed by atoms with Crippen LogP contribution >= 0.6 is 0 Å². The van der Waals surface area contributed by atoms with Crippen LogP contribution in [0.25, 0.3) is 0 Å². The summed E-state index contributed by atoms with van der Waals surface area (Å²) in [4.78, 5) is 0. The van der Waals surface area contributed by atoms with Gasteiger partial charge in [-0.25, -0.2) is 0 Å². The predicted octanol–water partition coefficient (Wildman–Crippen LogP) is 4.44. The van der Waals surface area contributed by atoms with Gasteiger partial charge in [-0.1, -0.05) is 51.1 Å². The molecule has 1 aliphatic carbocycles. The molecule has 0 saturated heterocycles. The van der Waals surface area contributed by atoms with Crippen LogP contribution in [-0.4, -0.2) is 10.7 Å². The van der Waals surface area contributed by atoms with Crippen molar-refractivity contribution in [1.82, 2.24) is 0 Å². The molecule has 1 N–H and O–H groups in total. The van der Waals surface area contributed by atoms with E-state index in [1.165, 1.54) is 18.4 Å². The van der Waals surface area contributed by atoms with Crippen LogP contribution in [0.1, 0.15) is 52.0 Å². The molecule has 19 heavy (non-hydrogen) atoms. The molecule has 3 unspecified atom stereocenters. The first-order valence-electron chi connectivity index (χ1n) is 7.77. The van der Waals surface area contributed by atoms with Crippen molar-refractivity contribution in [1.29, 1.82) is 0 Å². The van der Waals surface area contributed by atoms with E-state index in [9.17, 15) is 5.11 Å². The van der Waals surface area contributed by atoms with E-state index in [2.05, 4.69) is 51.1 Å². The fourth-order valence-electron chi connectivity index (χ4n) is 3.41. The lowest BCUT2D eigenvalue weighted by molar-refractivity contribution is -0.0720. The fraction of sp³-hybridized carbons (Fsp3) is 0.667. The van der Waals surface area contributed by atoms with Gasteiger partial charge in [0, 0.05) is 0 Å². The van der Waals surface area contributed by atoms with Crippen molar-refractivity contribution in [2.45, 2.75) is 58.5 Å². The molecule has 0 aromatic heterocycles. The van der Waals surface area contributed by atoms with Crippen LogP contribution in [0, 0.1) is 17.8 Å². The lowest BCUT2D eigenvalue weighted by atomic mass is 9.66. The Morgan fingerprint density at radius 1 is 1.21 bits per heavy atom. The summed E-state index contributed by atoms with van der Waals surface area (Å²) in [5, 5.41) is 11.0. The summed E-state index contributed by atoms with van der Waals surface area (Å²) in [5.41, 5.74) is 0.887. The molecule has 0 heterocycles. The quantitative estimate of drug-likeness (QED) is 0.848. The van der Waals surface area contributed by atoms with Crippen molar-refractivity contribution in [2.75, 3.05) is 0 Å². The van der Waals surface area contributed by atoms with E-state index < -0.39 is 5.60 Å². The second-order valence-electron chi connectivity index (χ2n) is 6.78. The van der Waals surface area contributed by atoms with Crippen molar-refractivity contribution in [3.8, 4) is 0 Å². The van der Waals surface area contributed by atoms with Gasteiger partial charge in [0.05, 0.1) is 5.60 Å². The predicted molar refractivity (Wildman–Crippen MR) is 81.1 cm³/mol. The third-order valence-corrected chi connectivity index (χ3v) is 5.14. The highest BCUT2D eigenvalue weighted by molar-refractivity contribution is 5.15. The van der Waals surface area contributed by atoms with E-state index in [1.54, 1.807) is 0 Å². The summed E-state index contributed by atoms with van der Waals surface area (Å²) in [7, 11) is 0. The molecule has 0 bridgehead atoms. The highest BCUT2D eigenvalue weighted by Crippen LogP contribution is 2.42. The van der Waals surface area contributed by atoms with Gasteiger partial charge in [0.25, 0.3) is 0 Å².